The van der Waals surface area contributed by atoms with Gasteiger partial charge in [-0.1, -0.05) is 67.0 Å². The number of aromatic amines is 1. The van der Waals surface area contributed by atoms with E-state index in [1.165, 1.54) is 4.72 Å². The lowest BCUT2D eigenvalue weighted by Gasteiger charge is -2.11. The molecule has 0 aliphatic rings. The monoisotopic (exact) mass is 492 g/mol. The first-order chi connectivity index (χ1) is 16.2. The largest absolute Gasteiger partial charge is 0.516 e. The van der Waals surface area contributed by atoms with Crippen LogP contribution in [0, 0.1) is 0 Å². The van der Waals surface area contributed by atoms with Gasteiger partial charge in [-0.2, -0.15) is 21.6 Å². The molecule has 0 bridgehead atoms. The van der Waals surface area contributed by atoms with Crippen molar-refractivity contribution in [2.45, 2.75) is 31.7 Å². The summed E-state index contributed by atoms with van der Waals surface area (Å²) < 4.78 is 68.1. The molecule has 0 aliphatic heterocycles. The van der Waals surface area contributed by atoms with Crippen molar-refractivity contribution in [3.8, 4) is 22.5 Å². The first kappa shape index (κ1) is 23.4. The van der Waals surface area contributed by atoms with Gasteiger partial charge in [0, 0.05) is 17.5 Å². The lowest BCUT2D eigenvalue weighted by Crippen LogP contribution is -2.30. The number of hydrogen-bond donors (Lipinski definition) is 2. The number of aromatic nitrogens is 5. The Balaban J connectivity index is 1.63. The lowest BCUT2D eigenvalue weighted by atomic mass is 9.96. The van der Waals surface area contributed by atoms with Crippen LogP contribution in [0.25, 0.3) is 22.5 Å². The maximum atomic E-state index is 12.8. The highest BCUT2D eigenvalue weighted by atomic mass is 32.2. The summed E-state index contributed by atoms with van der Waals surface area (Å²) >= 11 is 0. The number of benzene rings is 2. The molecule has 2 heterocycles. The molecule has 178 valence electrons. The highest BCUT2D eigenvalue weighted by Crippen LogP contribution is 2.32. The van der Waals surface area contributed by atoms with Gasteiger partial charge in [0.05, 0.1) is 5.69 Å². The highest BCUT2D eigenvalue weighted by molar-refractivity contribution is 7.93. The molecule has 0 saturated heterocycles. The number of anilines is 1. The van der Waals surface area contributed by atoms with Gasteiger partial charge in [-0.25, -0.2) is 9.82 Å². The molecule has 4 aromatic rings. The number of rotatable bonds is 8. The quantitative estimate of drug-likeness (QED) is 0.375. The fraction of sp³-hybridized carbons (Fsp3) is 0.238. The molecule has 0 unspecified atom stereocenters. The van der Waals surface area contributed by atoms with Crippen LogP contribution < -0.4 is 4.72 Å². The summed E-state index contributed by atoms with van der Waals surface area (Å²) in [5.41, 5.74) is -1.54. The Morgan fingerprint density at radius 3 is 2.38 bits per heavy atom. The molecule has 0 radical (unpaired) electrons. The number of alkyl halides is 3. The first-order valence-corrected chi connectivity index (χ1v) is 11.7. The van der Waals surface area contributed by atoms with Crippen LogP contribution in [0.1, 0.15) is 30.2 Å². The highest BCUT2D eigenvalue weighted by Gasteiger charge is 2.47. The molecule has 13 heteroatoms. The molecule has 0 spiro atoms. The van der Waals surface area contributed by atoms with E-state index in [2.05, 4.69) is 25.8 Å². The number of halogens is 3. The molecule has 0 atom stereocenters. The minimum atomic E-state index is -5.64. The Morgan fingerprint density at radius 2 is 1.76 bits per heavy atom. The zero-order valence-electron chi connectivity index (χ0n) is 17.8. The molecule has 4 rings (SSSR count). The van der Waals surface area contributed by atoms with Gasteiger partial charge in [-0.05, 0) is 33.5 Å². The van der Waals surface area contributed by atoms with Crippen molar-refractivity contribution < 1.29 is 26.1 Å². The average molecular weight is 492 g/mol. The van der Waals surface area contributed by atoms with Crippen molar-refractivity contribution in [3.05, 3.63) is 65.4 Å². The summed E-state index contributed by atoms with van der Waals surface area (Å²) in [4.78, 5) is 0. The van der Waals surface area contributed by atoms with Gasteiger partial charge in [0.15, 0.2) is 5.82 Å². The van der Waals surface area contributed by atoms with Crippen molar-refractivity contribution in [1.82, 2.24) is 25.8 Å². The molecule has 2 aromatic heterocycles. The molecule has 0 saturated carbocycles. The van der Waals surface area contributed by atoms with Gasteiger partial charge in [-0.3, -0.25) is 0 Å². The Bertz CT molecular complexity index is 1370. The molecule has 9 nitrogen and oxygen atoms in total. The second kappa shape index (κ2) is 9.25. The summed E-state index contributed by atoms with van der Waals surface area (Å²) in [6, 6.07) is 14.8. The summed E-state index contributed by atoms with van der Waals surface area (Å²) in [5, 5.41) is 17.7. The summed E-state index contributed by atoms with van der Waals surface area (Å²) in [6.45, 7) is 1.87. The molecule has 34 heavy (non-hydrogen) atoms. The summed E-state index contributed by atoms with van der Waals surface area (Å²) in [6.07, 6.45) is 1.20. The smallest absolute Gasteiger partial charge is 0.337 e. The normalized spacial score (nSPS) is 12.1. The van der Waals surface area contributed by atoms with Crippen molar-refractivity contribution >= 4 is 15.9 Å². The Hall–Kier alpha value is -3.74. The van der Waals surface area contributed by atoms with E-state index in [0.717, 1.165) is 22.3 Å². The average Bonchev–Trinajstić information content (AvgIpc) is 3.45. The minimum Gasteiger partial charge on any atom is -0.337 e. The topological polar surface area (TPSA) is 127 Å². The number of aryl methyl sites for hydroxylation is 1. The van der Waals surface area contributed by atoms with Crippen LogP contribution in [0.15, 0.2) is 53.1 Å². The molecular weight excluding hydrogens is 473 g/mol. The maximum absolute atomic E-state index is 12.8. The van der Waals surface area contributed by atoms with E-state index >= 15 is 0 Å². The maximum Gasteiger partial charge on any atom is 0.516 e. The zero-order valence-corrected chi connectivity index (χ0v) is 18.6. The molecular formula is C21H19F3N6O3S. The van der Waals surface area contributed by atoms with E-state index in [1.54, 1.807) is 12.1 Å². The molecule has 2 aromatic carbocycles. The van der Waals surface area contributed by atoms with Crippen LogP contribution in [0.3, 0.4) is 0 Å². The number of hydrogen-bond acceptors (Lipinski definition) is 7. The van der Waals surface area contributed by atoms with Crippen LogP contribution in [-0.4, -0.2) is 39.7 Å². The minimum absolute atomic E-state index is 0.127. The van der Waals surface area contributed by atoms with E-state index in [1.807, 2.05) is 43.3 Å². The van der Waals surface area contributed by atoms with Crippen molar-refractivity contribution in [1.29, 1.82) is 0 Å². The van der Waals surface area contributed by atoms with Crippen LogP contribution in [0.2, 0.25) is 0 Å². The third-order valence-corrected chi connectivity index (χ3v) is 6.13. The van der Waals surface area contributed by atoms with Crippen molar-refractivity contribution in [2.24, 2.45) is 0 Å². The lowest BCUT2D eigenvalue weighted by molar-refractivity contribution is -0.0430. The fourth-order valence-corrected chi connectivity index (χ4v) is 3.96. The number of sulfonamides is 1. The van der Waals surface area contributed by atoms with Crippen LogP contribution in [-0.2, 0) is 22.9 Å². The van der Waals surface area contributed by atoms with Gasteiger partial charge in [-0.15, -0.1) is 5.10 Å². The van der Waals surface area contributed by atoms with Gasteiger partial charge < -0.3 is 4.52 Å². The summed E-state index contributed by atoms with van der Waals surface area (Å²) in [7, 11) is -5.64. The number of H-pyrrole nitrogens is 1. The van der Waals surface area contributed by atoms with Crippen molar-refractivity contribution in [3.63, 3.8) is 0 Å². The number of nitrogens with one attached hydrogen (secondary N) is 2. The van der Waals surface area contributed by atoms with E-state index in [4.69, 9.17) is 4.52 Å². The Morgan fingerprint density at radius 1 is 1.06 bits per heavy atom. The van der Waals surface area contributed by atoms with Gasteiger partial charge >= 0.3 is 15.5 Å². The predicted molar refractivity (Wildman–Crippen MR) is 117 cm³/mol. The molecule has 0 aliphatic carbocycles. The number of tetrazole rings is 1. The molecule has 2 N–H and O–H groups in total. The SMILES string of the molecule is CCCc1noc(NS(=O)(=O)C(F)(F)F)c1Cc1ccc(-c2ccccc2-c2nnn[nH]2)cc1. The Labute approximate surface area is 192 Å². The second-order valence-electron chi connectivity index (χ2n) is 7.41. The van der Waals surface area contributed by atoms with E-state index in [-0.39, 0.29) is 12.0 Å². The number of nitrogens with zero attached hydrogens (tertiary/aromatic N) is 4. The fourth-order valence-electron chi connectivity index (χ4n) is 3.44. The van der Waals surface area contributed by atoms with Gasteiger partial charge in [0.1, 0.15) is 0 Å². The first-order valence-electron chi connectivity index (χ1n) is 10.2. The predicted octanol–water partition coefficient (Wildman–Crippen LogP) is 4.33. The third kappa shape index (κ3) is 4.78. The third-order valence-electron chi connectivity index (χ3n) is 5.06. The second-order valence-corrected chi connectivity index (χ2v) is 9.08. The zero-order chi connectivity index (χ0) is 24.3. The van der Waals surface area contributed by atoms with Crippen LogP contribution in [0.4, 0.5) is 19.1 Å². The van der Waals surface area contributed by atoms with Crippen LogP contribution >= 0.6 is 0 Å². The van der Waals surface area contributed by atoms with E-state index in [9.17, 15) is 21.6 Å². The van der Waals surface area contributed by atoms with Crippen molar-refractivity contribution in [2.75, 3.05) is 4.72 Å². The van der Waals surface area contributed by atoms with Crippen LogP contribution in [0.5, 0.6) is 0 Å². The van der Waals surface area contributed by atoms with Gasteiger partial charge in [0.25, 0.3) is 0 Å². The van der Waals surface area contributed by atoms with Gasteiger partial charge in [0.2, 0.25) is 5.88 Å². The Kier molecular flexibility index (Phi) is 6.37. The van der Waals surface area contributed by atoms with E-state index < -0.39 is 21.4 Å². The standard InChI is InChI=1S/C21H19F3N6O3S/c1-2-5-18-17(20(33-27-18)28-34(31,32)21(22,23)24)12-13-8-10-14(11-9-13)15-6-3-4-7-16(15)19-25-29-30-26-19/h3-4,6-11,28H,2,5,12H2,1H3,(H,25,26,29,30). The molecule has 0 fully saturated rings. The van der Waals surface area contributed by atoms with E-state index in [0.29, 0.717) is 24.4 Å². The summed E-state index contributed by atoms with van der Waals surface area (Å²) in [5.74, 6) is -0.0250. The molecule has 0 amide bonds.